The smallest absolute Gasteiger partial charge is 0.220 e. The molecule has 4 aromatic rings. The highest BCUT2D eigenvalue weighted by Crippen LogP contribution is 2.24. The molecule has 1 aliphatic rings. The molecule has 0 fully saturated rings. The maximum atomic E-state index is 12.6. The molecule has 5 rings (SSSR count). The van der Waals surface area contributed by atoms with E-state index in [9.17, 15) is 4.79 Å². The van der Waals surface area contributed by atoms with Gasteiger partial charge in [0.1, 0.15) is 5.82 Å². The molecule has 2 heterocycles. The quantitative estimate of drug-likeness (QED) is 0.370. The molecular formula is C31H35N5O. The van der Waals surface area contributed by atoms with E-state index < -0.39 is 0 Å². The van der Waals surface area contributed by atoms with Crippen molar-refractivity contribution >= 4 is 5.91 Å². The summed E-state index contributed by atoms with van der Waals surface area (Å²) in [7, 11) is 0. The Morgan fingerprint density at radius 3 is 2.43 bits per heavy atom. The van der Waals surface area contributed by atoms with Gasteiger partial charge in [-0.05, 0) is 48.1 Å². The zero-order chi connectivity index (χ0) is 25.6. The zero-order valence-corrected chi connectivity index (χ0v) is 21.7. The fourth-order valence-corrected chi connectivity index (χ4v) is 5.09. The van der Waals surface area contributed by atoms with Crippen molar-refractivity contribution in [2.45, 2.75) is 52.2 Å². The number of rotatable bonds is 8. The van der Waals surface area contributed by atoms with E-state index in [-0.39, 0.29) is 11.9 Å². The number of carbonyl (C=O) groups excluding carboxylic acids is 1. The van der Waals surface area contributed by atoms with Gasteiger partial charge in [0.15, 0.2) is 5.82 Å². The molecule has 0 bridgehead atoms. The molecule has 37 heavy (non-hydrogen) atoms. The lowest BCUT2D eigenvalue weighted by Gasteiger charge is -2.20. The van der Waals surface area contributed by atoms with Crippen molar-refractivity contribution in [3.05, 3.63) is 107 Å². The van der Waals surface area contributed by atoms with Gasteiger partial charge in [-0.1, -0.05) is 78.9 Å². The summed E-state index contributed by atoms with van der Waals surface area (Å²) in [6.07, 6.45) is 2.05. The first-order chi connectivity index (χ1) is 18.1. The van der Waals surface area contributed by atoms with Gasteiger partial charge in [0.25, 0.3) is 0 Å². The molecule has 1 atom stereocenters. The maximum absolute atomic E-state index is 12.6. The summed E-state index contributed by atoms with van der Waals surface area (Å²) < 4.78 is 2.20. The molecule has 0 saturated carbocycles. The number of benzene rings is 3. The van der Waals surface area contributed by atoms with Crippen molar-refractivity contribution in [3.63, 3.8) is 0 Å². The Hall–Kier alpha value is -3.77. The fourth-order valence-electron chi connectivity index (χ4n) is 5.09. The van der Waals surface area contributed by atoms with Gasteiger partial charge in [-0.15, -0.1) is 10.2 Å². The van der Waals surface area contributed by atoms with Gasteiger partial charge in [-0.2, -0.15) is 0 Å². The van der Waals surface area contributed by atoms with Crippen molar-refractivity contribution in [1.29, 1.82) is 0 Å². The van der Waals surface area contributed by atoms with Crippen molar-refractivity contribution < 1.29 is 4.79 Å². The van der Waals surface area contributed by atoms with Crippen LogP contribution in [-0.4, -0.2) is 38.7 Å². The van der Waals surface area contributed by atoms with E-state index in [1.54, 1.807) is 0 Å². The van der Waals surface area contributed by atoms with Gasteiger partial charge in [-0.25, -0.2) is 0 Å². The van der Waals surface area contributed by atoms with Crippen LogP contribution in [0.5, 0.6) is 0 Å². The Balaban J connectivity index is 1.16. The van der Waals surface area contributed by atoms with Crippen LogP contribution < -0.4 is 5.32 Å². The summed E-state index contributed by atoms with van der Waals surface area (Å²) in [6.45, 7) is 7.75. The Bertz CT molecular complexity index is 1330. The zero-order valence-electron chi connectivity index (χ0n) is 21.7. The van der Waals surface area contributed by atoms with Crippen molar-refractivity contribution in [2.24, 2.45) is 0 Å². The Kier molecular flexibility index (Phi) is 7.76. The van der Waals surface area contributed by atoms with Gasteiger partial charge < -0.3 is 9.88 Å². The van der Waals surface area contributed by atoms with E-state index in [1.807, 2.05) is 25.1 Å². The minimum absolute atomic E-state index is 0.0399. The van der Waals surface area contributed by atoms with Crippen molar-refractivity contribution in [3.8, 4) is 11.1 Å². The average molecular weight is 494 g/mol. The van der Waals surface area contributed by atoms with Crippen LogP contribution in [0.2, 0.25) is 0 Å². The third-order valence-electron chi connectivity index (χ3n) is 7.21. The highest BCUT2D eigenvalue weighted by molar-refractivity contribution is 5.76. The molecule has 190 valence electrons. The highest BCUT2D eigenvalue weighted by Gasteiger charge is 2.23. The van der Waals surface area contributed by atoms with E-state index >= 15 is 0 Å². The lowest BCUT2D eigenvalue weighted by atomic mass is 9.99. The summed E-state index contributed by atoms with van der Waals surface area (Å²) in [4.78, 5) is 15.0. The molecule has 6 nitrogen and oxygen atoms in total. The number of amides is 1. The summed E-state index contributed by atoms with van der Waals surface area (Å²) in [5, 5.41) is 12.0. The van der Waals surface area contributed by atoms with Gasteiger partial charge in [0, 0.05) is 39.0 Å². The largest absolute Gasteiger partial charge is 0.346 e. The average Bonchev–Trinajstić information content (AvgIpc) is 3.23. The number of aryl methyl sites for hydroxylation is 2. The third kappa shape index (κ3) is 6.15. The SMILES string of the molecule is Cc1ccccc1-c1ccc(CN2CCc3nnc([C@H](C)NC(=O)CCc4ccccc4)n3CC2)cc1. The van der Waals surface area contributed by atoms with Crippen LogP contribution in [0.1, 0.15) is 47.7 Å². The lowest BCUT2D eigenvalue weighted by Crippen LogP contribution is -2.30. The Labute approximate surface area is 219 Å². The number of aromatic nitrogens is 3. The lowest BCUT2D eigenvalue weighted by molar-refractivity contribution is -0.121. The first-order valence-electron chi connectivity index (χ1n) is 13.2. The highest BCUT2D eigenvalue weighted by atomic mass is 16.1. The molecule has 0 saturated heterocycles. The van der Waals surface area contributed by atoms with Crippen LogP contribution in [0.25, 0.3) is 11.1 Å². The van der Waals surface area contributed by atoms with E-state index in [4.69, 9.17) is 0 Å². The van der Waals surface area contributed by atoms with Gasteiger partial charge in [0.05, 0.1) is 6.04 Å². The molecule has 0 radical (unpaired) electrons. The molecule has 0 aliphatic carbocycles. The number of fused-ring (bicyclic) bond motifs is 1. The fraction of sp³-hybridized carbons (Fsp3) is 0.323. The second-order valence-corrected chi connectivity index (χ2v) is 9.94. The number of nitrogens with zero attached hydrogens (tertiary/aromatic N) is 4. The minimum Gasteiger partial charge on any atom is -0.346 e. The Morgan fingerprint density at radius 2 is 1.65 bits per heavy atom. The molecule has 0 spiro atoms. The van der Waals surface area contributed by atoms with Crippen LogP contribution in [-0.2, 0) is 30.7 Å². The molecule has 0 unspecified atom stereocenters. The predicted molar refractivity (Wildman–Crippen MR) is 147 cm³/mol. The first-order valence-corrected chi connectivity index (χ1v) is 13.2. The summed E-state index contributed by atoms with van der Waals surface area (Å²) in [5.41, 5.74) is 6.33. The molecule has 3 aromatic carbocycles. The number of nitrogens with one attached hydrogen (secondary N) is 1. The van der Waals surface area contributed by atoms with E-state index in [2.05, 4.69) is 92.6 Å². The van der Waals surface area contributed by atoms with Crippen LogP contribution in [0.15, 0.2) is 78.9 Å². The molecule has 1 amide bonds. The van der Waals surface area contributed by atoms with Crippen LogP contribution >= 0.6 is 0 Å². The normalized spacial score (nSPS) is 14.5. The Morgan fingerprint density at radius 1 is 0.892 bits per heavy atom. The topological polar surface area (TPSA) is 63.1 Å². The second-order valence-electron chi connectivity index (χ2n) is 9.94. The second kappa shape index (κ2) is 11.5. The summed E-state index contributed by atoms with van der Waals surface area (Å²) in [6, 6.07) is 27.4. The van der Waals surface area contributed by atoms with Gasteiger partial charge in [0.2, 0.25) is 5.91 Å². The number of hydrogen-bond acceptors (Lipinski definition) is 4. The van der Waals surface area contributed by atoms with E-state index in [1.165, 1.54) is 27.8 Å². The third-order valence-corrected chi connectivity index (χ3v) is 7.21. The summed E-state index contributed by atoms with van der Waals surface area (Å²) >= 11 is 0. The predicted octanol–water partition coefficient (Wildman–Crippen LogP) is 5.12. The van der Waals surface area contributed by atoms with E-state index in [0.717, 1.165) is 50.7 Å². The number of hydrogen-bond donors (Lipinski definition) is 1. The maximum Gasteiger partial charge on any atom is 0.220 e. The van der Waals surface area contributed by atoms with Crippen LogP contribution in [0.4, 0.5) is 0 Å². The first kappa shape index (κ1) is 24.9. The van der Waals surface area contributed by atoms with Gasteiger partial charge in [-0.3, -0.25) is 9.69 Å². The summed E-state index contributed by atoms with van der Waals surface area (Å²) in [5.74, 6) is 1.88. The van der Waals surface area contributed by atoms with Crippen molar-refractivity contribution in [1.82, 2.24) is 25.0 Å². The van der Waals surface area contributed by atoms with Crippen LogP contribution in [0.3, 0.4) is 0 Å². The van der Waals surface area contributed by atoms with Gasteiger partial charge >= 0.3 is 0 Å². The molecule has 1 N–H and O–H groups in total. The molecule has 1 aromatic heterocycles. The standard InChI is InChI=1S/C31H35N5O/c1-23-8-6-7-11-28(23)27-15-12-26(13-16-27)22-35-19-18-29-33-34-31(36(29)21-20-35)24(2)32-30(37)17-14-25-9-4-3-5-10-25/h3-13,15-16,24H,14,17-22H2,1-2H3,(H,32,37)/t24-/m0/s1. The molecule has 1 aliphatic heterocycles. The van der Waals surface area contributed by atoms with E-state index in [0.29, 0.717) is 6.42 Å². The van der Waals surface area contributed by atoms with Crippen LogP contribution in [0, 0.1) is 6.92 Å². The van der Waals surface area contributed by atoms with Crippen molar-refractivity contribution in [2.75, 3.05) is 13.1 Å². The molecular weight excluding hydrogens is 458 g/mol. The molecule has 6 heteroatoms. The number of carbonyl (C=O) groups is 1. The minimum atomic E-state index is -0.176. The monoisotopic (exact) mass is 493 g/mol.